The van der Waals surface area contributed by atoms with E-state index in [-0.39, 0.29) is 23.5 Å². The van der Waals surface area contributed by atoms with Crippen molar-refractivity contribution in [2.24, 2.45) is 0 Å². The zero-order valence-electron chi connectivity index (χ0n) is 15.7. The molecule has 2 aromatic carbocycles. The van der Waals surface area contributed by atoms with Crippen molar-refractivity contribution in [3.8, 4) is 5.75 Å². The highest BCUT2D eigenvalue weighted by Crippen LogP contribution is 2.21. The van der Waals surface area contributed by atoms with Gasteiger partial charge in [-0.05, 0) is 55.7 Å². The highest BCUT2D eigenvalue weighted by Gasteiger charge is 2.17. The number of benzene rings is 2. The molecule has 0 aliphatic carbocycles. The van der Waals surface area contributed by atoms with Gasteiger partial charge in [-0.2, -0.15) is 0 Å². The molecule has 8 heteroatoms. The number of hydrogen-bond acceptors (Lipinski definition) is 5. The van der Waals surface area contributed by atoms with Crippen molar-refractivity contribution in [1.29, 1.82) is 0 Å². The Kier molecular flexibility index (Phi) is 6.53. The Labute approximate surface area is 165 Å². The van der Waals surface area contributed by atoms with Crippen molar-refractivity contribution in [2.45, 2.75) is 30.8 Å². The third kappa shape index (κ3) is 5.46. The molecular formula is C20H24N2O5S. The Balaban J connectivity index is 1.52. The maximum absolute atomic E-state index is 12.5. The fourth-order valence-electron chi connectivity index (χ4n) is 2.84. The van der Waals surface area contributed by atoms with E-state index in [4.69, 9.17) is 9.47 Å². The summed E-state index contributed by atoms with van der Waals surface area (Å²) < 4.78 is 38.5. The molecule has 1 saturated heterocycles. The minimum absolute atomic E-state index is 0.0780. The lowest BCUT2D eigenvalue weighted by Gasteiger charge is -2.12. The molecule has 1 aliphatic heterocycles. The number of carbonyl (C=O) groups is 1. The molecule has 3 rings (SSSR count). The molecule has 7 nitrogen and oxygen atoms in total. The predicted molar refractivity (Wildman–Crippen MR) is 106 cm³/mol. The number of aryl methyl sites for hydroxylation is 1. The maximum atomic E-state index is 12.5. The topological polar surface area (TPSA) is 93.7 Å². The molecule has 0 bridgehead atoms. The third-order valence-electron chi connectivity index (χ3n) is 4.44. The van der Waals surface area contributed by atoms with Gasteiger partial charge in [-0.3, -0.25) is 9.52 Å². The van der Waals surface area contributed by atoms with Crippen LogP contribution in [0.4, 0.5) is 5.69 Å². The maximum Gasteiger partial charge on any atom is 0.261 e. The molecule has 1 fully saturated rings. The standard InChI is InChI=1S/C20H24N2O5S/c1-15-5-2-3-7-19(15)22-28(24,25)18-10-8-16(9-11-18)27-14-20(23)21-13-17-6-4-12-26-17/h2-3,5,7-11,17,22H,4,6,12-14H2,1H3,(H,21,23)/t17-/m1/s1. The van der Waals surface area contributed by atoms with Crippen molar-refractivity contribution in [3.05, 3.63) is 54.1 Å². The minimum atomic E-state index is -3.70. The number of nitrogens with one attached hydrogen (secondary N) is 2. The van der Waals surface area contributed by atoms with Gasteiger partial charge < -0.3 is 14.8 Å². The molecule has 0 radical (unpaired) electrons. The summed E-state index contributed by atoms with van der Waals surface area (Å²) in [6.45, 7) is 2.91. The van der Waals surface area contributed by atoms with Crippen LogP contribution in [-0.2, 0) is 19.6 Å². The molecule has 2 N–H and O–H groups in total. The Morgan fingerprint density at radius 1 is 1.18 bits per heavy atom. The van der Waals surface area contributed by atoms with Gasteiger partial charge in [0.1, 0.15) is 5.75 Å². The van der Waals surface area contributed by atoms with Crippen LogP contribution in [0.15, 0.2) is 53.4 Å². The molecule has 1 aliphatic rings. The van der Waals surface area contributed by atoms with Crippen LogP contribution in [0.1, 0.15) is 18.4 Å². The summed E-state index contributed by atoms with van der Waals surface area (Å²) >= 11 is 0. The minimum Gasteiger partial charge on any atom is -0.484 e. The van der Waals surface area contributed by atoms with E-state index in [9.17, 15) is 13.2 Å². The highest BCUT2D eigenvalue weighted by molar-refractivity contribution is 7.92. The smallest absolute Gasteiger partial charge is 0.261 e. The first-order valence-corrected chi connectivity index (χ1v) is 10.6. The zero-order valence-corrected chi connectivity index (χ0v) is 16.5. The van der Waals surface area contributed by atoms with Gasteiger partial charge in [0.05, 0.1) is 16.7 Å². The van der Waals surface area contributed by atoms with Crippen molar-refractivity contribution in [1.82, 2.24) is 5.32 Å². The zero-order chi connectivity index (χ0) is 20.0. The number of para-hydroxylation sites is 1. The summed E-state index contributed by atoms with van der Waals surface area (Å²) in [5.41, 5.74) is 1.37. The van der Waals surface area contributed by atoms with Crippen molar-refractivity contribution < 1.29 is 22.7 Å². The summed E-state index contributed by atoms with van der Waals surface area (Å²) in [4.78, 5) is 12.0. The Bertz CT molecular complexity index is 906. The lowest BCUT2D eigenvalue weighted by Crippen LogP contribution is -2.35. The highest BCUT2D eigenvalue weighted by atomic mass is 32.2. The van der Waals surface area contributed by atoms with E-state index in [0.29, 0.717) is 18.0 Å². The fourth-order valence-corrected chi connectivity index (χ4v) is 3.97. The number of carbonyl (C=O) groups excluding carboxylic acids is 1. The molecule has 0 unspecified atom stereocenters. The lowest BCUT2D eigenvalue weighted by atomic mass is 10.2. The van der Waals surface area contributed by atoms with E-state index in [1.165, 1.54) is 24.3 Å². The van der Waals surface area contributed by atoms with Crippen LogP contribution in [0.3, 0.4) is 0 Å². The van der Waals surface area contributed by atoms with E-state index >= 15 is 0 Å². The quantitative estimate of drug-likeness (QED) is 0.705. The monoisotopic (exact) mass is 404 g/mol. The van der Waals surface area contributed by atoms with Crippen molar-refractivity contribution in [2.75, 3.05) is 24.5 Å². The Morgan fingerprint density at radius 2 is 1.93 bits per heavy atom. The second-order valence-corrected chi connectivity index (χ2v) is 8.30. The van der Waals surface area contributed by atoms with Gasteiger partial charge in [-0.1, -0.05) is 18.2 Å². The number of ether oxygens (including phenoxy) is 2. The van der Waals surface area contributed by atoms with Gasteiger partial charge >= 0.3 is 0 Å². The summed E-state index contributed by atoms with van der Waals surface area (Å²) in [5, 5.41) is 2.77. The van der Waals surface area contributed by atoms with Gasteiger partial charge in [0.25, 0.3) is 15.9 Å². The number of hydrogen-bond donors (Lipinski definition) is 2. The van der Waals surface area contributed by atoms with Gasteiger partial charge in [0.15, 0.2) is 6.61 Å². The Morgan fingerprint density at radius 3 is 2.61 bits per heavy atom. The molecule has 0 saturated carbocycles. The van der Waals surface area contributed by atoms with E-state index < -0.39 is 10.0 Å². The summed E-state index contributed by atoms with van der Waals surface area (Å²) in [6, 6.07) is 13.1. The molecular weight excluding hydrogens is 380 g/mol. The average Bonchev–Trinajstić information content (AvgIpc) is 3.20. The van der Waals surface area contributed by atoms with E-state index in [2.05, 4.69) is 10.0 Å². The van der Waals surface area contributed by atoms with Gasteiger partial charge in [0, 0.05) is 13.2 Å². The first-order valence-electron chi connectivity index (χ1n) is 9.14. The second kappa shape index (κ2) is 9.07. The number of anilines is 1. The molecule has 1 amide bonds. The lowest BCUT2D eigenvalue weighted by molar-refractivity contribution is -0.123. The van der Waals surface area contributed by atoms with Gasteiger partial charge in [0.2, 0.25) is 0 Å². The molecule has 150 valence electrons. The van der Waals surface area contributed by atoms with Crippen LogP contribution in [0.25, 0.3) is 0 Å². The molecule has 2 aromatic rings. The van der Waals surface area contributed by atoms with Gasteiger partial charge in [-0.15, -0.1) is 0 Å². The molecule has 0 aromatic heterocycles. The van der Waals surface area contributed by atoms with Crippen molar-refractivity contribution >= 4 is 21.6 Å². The predicted octanol–water partition coefficient (Wildman–Crippen LogP) is 2.47. The Hall–Kier alpha value is -2.58. The molecule has 28 heavy (non-hydrogen) atoms. The summed E-state index contributed by atoms with van der Waals surface area (Å²) in [6.07, 6.45) is 2.05. The van der Waals surface area contributed by atoms with Crippen LogP contribution >= 0.6 is 0 Å². The normalized spacial score (nSPS) is 16.5. The van der Waals surface area contributed by atoms with Crippen LogP contribution in [0.5, 0.6) is 5.75 Å². The first kappa shape index (κ1) is 20.2. The van der Waals surface area contributed by atoms with Crippen LogP contribution < -0.4 is 14.8 Å². The molecule has 0 spiro atoms. The SMILES string of the molecule is Cc1ccccc1NS(=O)(=O)c1ccc(OCC(=O)NC[C@H]2CCCO2)cc1. The average molecular weight is 404 g/mol. The molecule has 1 heterocycles. The fraction of sp³-hybridized carbons (Fsp3) is 0.350. The van der Waals surface area contributed by atoms with E-state index in [0.717, 1.165) is 25.0 Å². The van der Waals surface area contributed by atoms with Crippen LogP contribution in [0.2, 0.25) is 0 Å². The summed E-state index contributed by atoms with van der Waals surface area (Å²) in [5.74, 6) is 0.176. The second-order valence-electron chi connectivity index (χ2n) is 6.62. The first-order chi connectivity index (χ1) is 13.4. The molecule has 1 atom stereocenters. The summed E-state index contributed by atoms with van der Waals surface area (Å²) in [7, 11) is -3.70. The third-order valence-corrected chi connectivity index (χ3v) is 5.83. The number of sulfonamides is 1. The van der Waals surface area contributed by atoms with Gasteiger partial charge in [-0.25, -0.2) is 8.42 Å². The largest absolute Gasteiger partial charge is 0.484 e. The van der Waals surface area contributed by atoms with Crippen LogP contribution in [0, 0.1) is 6.92 Å². The van der Waals surface area contributed by atoms with Crippen LogP contribution in [-0.4, -0.2) is 40.2 Å². The van der Waals surface area contributed by atoms with E-state index in [1.807, 2.05) is 19.1 Å². The van der Waals surface area contributed by atoms with E-state index in [1.54, 1.807) is 12.1 Å². The number of rotatable bonds is 8. The number of amides is 1. The van der Waals surface area contributed by atoms with Crippen molar-refractivity contribution in [3.63, 3.8) is 0 Å².